The molecule has 8 aliphatic rings. The van der Waals surface area contributed by atoms with Crippen LogP contribution in [0, 0.1) is 46.3 Å². The monoisotopic (exact) mass is 494 g/mol. The highest BCUT2D eigenvalue weighted by molar-refractivity contribution is 5.77. The summed E-state index contributed by atoms with van der Waals surface area (Å²) >= 11 is 0. The Morgan fingerprint density at radius 2 is 1.46 bits per heavy atom. The van der Waals surface area contributed by atoms with Crippen LogP contribution in [0.2, 0.25) is 0 Å². The van der Waals surface area contributed by atoms with Crippen molar-refractivity contribution in [1.29, 1.82) is 0 Å². The van der Waals surface area contributed by atoms with Crippen molar-refractivity contribution in [3.8, 4) is 0 Å². The summed E-state index contributed by atoms with van der Waals surface area (Å²) in [7, 11) is 0. The number of alkyl halides is 2. The zero-order chi connectivity index (χ0) is 24.6. The summed E-state index contributed by atoms with van der Waals surface area (Å²) in [5.41, 5.74) is -0.985. The van der Waals surface area contributed by atoms with E-state index in [0.717, 1.165) is 42.9 Å². The van der Waals surface area contributed by atoms with Gasteiger partial charge in [0.1, 0.15) is 5.60 Å². The van der Waals surface area contributed by atoms with Crippen molar-refractivity contribution < 1.29 is 32.6 Å². The fourth-order valence-corrected chi connectivity index (χ4v) is 10.2. The molecule has 0 amide bonds. The molecular formula is C28H40F2O5. The van der Waals surface area contributed by atoms with Gasteiger partial charge in [0, 0.05) is 6.92 Å². The number of hydrogen-bond donors (Lipinski definition) is 0. The molecule has 5 nitrogen and oxygen atoms in total. The Hall–Kier alpha value is -1.24. The SMILES string of the molecule is CC(F)(F)C(=O)OC12CC3CC(CC(CC(=O)OCOCC4(C)C5CC6CC(C5)CC4C6)(C3)C1)C2. The van der Waals surface area contributed by atoms with Crippen LogP contribution in [0.4, 0.5) is 8.78 Å². The number of ether oxygens (including phenoxy) is 3. The average Bonchev–Trinajstić information content (AvgIpc) is 2.72. The molecule has 0 aromatic heterocycles. The van der Waals surface area contributed by atoms with Gasteiger partial charge in [-0.1, -0.05) is 6.92 Å². The third kappa shape index (κ3) is 4.31. The van der Waals surface area contributed by atoms with Crippen molar-refractivity contribution in [2.24, 2.45) is 46.3 Å². The van der Waals surface area contributed by atoms with E-state index in [9.17, 15) is 18.4 Å². The number of esters is 2. The summed E-state index contributed by atoms with van der Waals surface area (Å²) in [4.78, 5) is 24.9. The van der Waals surface area contributed by atoms with Gasteiger partial charge in [0.05, 0.1) is 13.0 Å². The Kier molecular flexibility index (Phi) is 5.60. The van der Waals surface area contributed by atoms with Crippen LogP contribution in [0.25, 0.3) is 0 Å². The number of carbonyl (C=O) groups is 2. The van der Waals surface area contributed by atoms with Crippen LogP contribution in [0.5, 0.6) is 0 Å². The zero-order valence-electron chi connectivity index (χ0n) is 21.2. The standard InChI is InChI=1S/C28H40F2O5/c1-25(21-5-17-3-18(7-21)8-22(25)6-17)15-33-16-34-23(31)13-27-9-19-4-20(10-27)12-28(11-19,14-27)35-24(32)26(2,29)30/h17-22H,3-16H2,1-2H3. The van der Waals surface area contributed by atoms with Gasteiger partial charge < -0.3 is 14.2 Å². The van der Waals surface area contributed by atoms with Gasteiger partial charge in [-0.15, -0.1) is 0 Å². The molecule has 2 unspecified atom stereocenters. The lowest BCUT2D eigenvalue weighted by molar-refractivity contribution is -0.221. The minimum absolute atomic E-state index is 0.0220. The van der Waals surface area contributed by atoms with Crippen LogP contribution in [-0.4, -0.2) is 36.9 Å². The largest absolute Gasteiger partial charge is 0.455 e. The molecule has 8 saturated carbocycles. The van der Waals surface area contributed by atoms with E-state index >= 15 is 0 Å². The lowest BCUT2D eigenvalue weighted by Crippen LogP contribution is -2.58. The van der Waals surface area contributed by atoms with Crippen LogP contribution < -0.4 is 0 Å². The molecule has 0 aromatic rings. The maximum absolute atomic E-state index is 13.6. The van der Waals surface area contributed by atoms with E-state index in [4.69, 9.17) is 14.2 Å². The predicted octanol–water partition coefficient (Wildman–Crippen LogP) is 5.89. The van der Waals surface area contributed by atoms with Gasteiger partial charge in [-0.3, -0.25) is 4.79 Å². The predicted molar refractivity (Wildman–Crippen MR) is 123 cm³/mol. The van der Waals surface area contributed by atoms with Gasteiger partial charge >= 0.3 is 17.9 Å². The maximum Gasteiger partial charge on any atom is 0.377 e. The molecule has 0 aliphatic heterocycles. The quantitative estimate of drug-likeness (QED) is 0.239. The molecule has 8 rings (SSSR count). The molecule has 8 aliphatic carbocycles. The average molecular weight is 495 g/mol. The lowest BCUT2D eigenvalue weighted by Gasteiger charge is -2.61. The molecule has 0 radical (unpaired) electrons. The molecular weight excluding hydrogens is 454 g/mol. The van der Waals surface area contributed by atoms with Gasteiger partial charge in [-0.05, 0) is 117 Å². The highest BCUT2D eigenvalue weighted by atomic mass is 19.3. The van der Waals surface area contributed by atoms with E-state index in [-0.39, 0.29) is 30.0 Å². The highest BCUT2D eigenvalue weighted by Crippen LogP contribution is 2.64. The van der Waals surface area contributed by atoms with Crippen molar-refractivity contribution in [3.63, 3.8) is 0 Å². The van der Waals surface area contributed by atoms with Crippen molar-refractivity contribution in [3.05, 3.63) is 0 Å². The molecule has 0 aromatic carbocycles. The first-order chi connectivity index (χ1) is 16.5. The minimum atomic E-state index is -3.50. The molecule has 35 heavy (non-hydrogen) atoms. The number of hydrogen-bond acceptors (Lipinski definition) is 5. The Morgan fingerprint density at radius 1 is 0.886 bits per heavy atom. The Morgan fingerprint density at radius 3 is 2.03 bits per heavy atom. The first-order valence-electron chi connectivity index (χ1n) is 13.8. The van der Waals surface area contributed by atoms with Crippen LogP contribution in [0.1, 0.15) is 90.9 Å². The third-order valence-corrected chi connectivity index (χ3v) is 11.0. The molecule has 8 bridgehead atoms. The summed E-state index contributed by atoms with van der Waals surface area (Å²) in [5, 5.41) is 0. The van der Waals surface area contributed by atoms with Gasteiger partial charge in [0.25, 0.3) is 0 Å². The second kappa shape index (κ2) is 8.13. The molecule has 2 atom stereocenters. The summed E-state index contributed by atoms with van der Waals surface area (Å²) in [5.74, 6) is -1.31. The minimum Gasteiger partial charge on any atom is -0.455 e. The Bertz CT molecular complexity index is 837. The van der Waals surface area contributed by atoms with Crippen molar-refractivity contribution in [1.82, 2.24) is 0 Å². The fourth-order valence-electron chi connectivity index (χ4n) is 10.2. The highest BCUT2D eigenvalue weighted by Gasteiger charge is 2.61. The summed E-state index contributed by atoms with van der Waals surface area (Å²) < 4.78 is 44.1. The van der Waals surface area contributed by atoms with E-state index in [1.165, 1.54) is 32.1 Å². The van der Waals surface area contributed by atoms with Crippen LogP contribution in [0.15, 0.2) is 0 Å². The van der Waals surface area contributed by atoms with Crippen LogP contribution in [0.3, 0.4) is 0 Å². The topological polar surface area (TPSA) is 61.8 Å². The summed E-state index contributed by atoms with van der Waals surface area (Å²) in [6, 6.07) is 0. The van der Waals surface area contributed by atoms with E-state index in [0.29, 0.717) is 44.6 Å². The molecule has 0 saturated heterocycles. The Labute approximate surface area is 207 Å². The van der Waals surface area contributed by atoms with Crippen LogP contribution >= 0.6 is 0 Å². The van der Waals surface area contributed by atoms with Crippen molar-refractivity contribution in [2.45, 2.75) is 102 Å². The lowest BCUT2D eigenvalue weighted by atomic mass is 9.46. The molecule has 0 N–H and O–H groups in total. The van der Waals surface area contributed by atoms with E-state index in [1.54, 1.807) is 0 Å². The molecule has 7 heteroatoms. The summed E-state index contributed by atoms with van der Waals surface area (Å²) in [6.07, 6.45) is 11.5. The van der Waals surface area contributed by atoms with Crippen molar-refractivity contribution in [2.75, 3.05) is 13.4 Å². The van der Waals surface area contributed by atoms with E-state index in [1.807, 2.05) is 0 Å². The first kappa shape index (κ1) is 24.1. The number of halogens is 2. The number of rotatable bonds is 8. The smallest absolute Gasteiger partial charge is 0.377 e. The fraction of sp³-hybridized carbons (Fsp3) is 0.929. The normalized spacial score (nSPS) is 47.2. The van der Waals surface area contributed by atoms with E-state index < -0.39 is 17.5 Å². The molecule has 0 heterocycles. The molecule has 196 valence electrons. The summed E-state index contributed by atoms with van der Waals surface area (Å²) in [6.45, 7) is 3.59. The van der Waals surface area contributed by atoms with Gasteiger partial charge in [0.2, 0.25) is 0 Å². The van der Waals surface area contributed by atoms with Gasteiger partial charge in [0.15, 0.2) is 6.79 Å². The zero-order valence-corrected chi connectivity index (χ0v) is 21.2. The third-order valence-electron chi connectivity index (χ3n) is 11.0. The van der Waals surface area contributed by atoms with Gasteiger partial charge in [-0.2, -0.15) is 8.78 Å². The van der Waals surface area contributed by atoms with Crippen molar-refractivity contribution >= 4 is 11.9 Å². The molecule has 0 spiro atoms. The first-order valence-corrected chi connectivity index (χ1v) is 13.8. The van der Waals surface area contributed by atoms with Crippen LogP contribution in [-0.2, 0) is 23.8 Å². The Balaban J connectivity index is 1.02. The van der Waals surface area contributed by atoms with Gasteiger partial charge in [-0.25, -0.2) is 4.79 Å². The second-order valence-electron chi connectivity index (χ2n) is 13.9. The number of carbonyl (C=O) groups excluding carboxylic acids is 2. The van der Waals surface area contributed by atoms with E-state index in [2.05, 4.69) is 6.92 Å². The second-order valence-corrected chi connectivity index (χ2v) is 13.9. The molecule has 8 fully saturated rings. The maximum atomic E-state index is 13.6.